The number of anilines is 1. The van der Waals surface area contributed by atoms with Crippen LogP contribution in [-0.2, 0) is 6.54 Å². The Bertz CT molecular complexity index is 583. The molecule has 3 N–H and O–H groups in total. The molecule has 2 aromatic rings. The fourth-order valence-corrected chi connectivity index (χ4v) is 1.80. The first kappa shape index (κ1) is 13.0. The van der Waals surface area contributed by atoms with Crippen LogP contribution in [0.5, 0.6) is 0 Å². The molecule has 0 aliphatic rings. The summed E-state index contributed by atoms with van der Waals surface area (Å²) in [5, 5.41) is 7.28. The van der Waals surface area contributed by atoms with Crippen LogP contribution in [0.3, 0.4) is 0 Å². The minimum Gasteiger partial charge on any atom is -0.384 e. The van der Waals surface area contributed by atoms with Crippen molar-refractivity contribution >= 4 is 11.5 Å². The predicted octanol–water partition coefficient (Wildman–Crippen LogP) is 2.14. The van der Waals surface area contributed by atoms with Crippen molar-refractivity contribution in [3.05, 3.63) is 59.7 Å². The summed E-state index contributed by atoms with van der Waals surface area (Å²) in [5.74, 6) is -0.538. The summed E-state index contributed by atoms with van der Waals surface area (Å²) in [7, 11) is 1.79. The second-order valence-corrected chi connectivity index (χ2v) is 4.26. The fourth-order valence-electron chi connectivity index (χ4n) is 1.80. The van der Waals surface area contributed by atoms with Gasteiger partial charge in [0.15, 0.2) is 0 Å². The molecule has 0 unspecified atom stereocenters. The van der Waals surface area contributed by atoms with E-state index < -0.39 is 5.82 Å². The fraction of sp³-hybridized carbons (Fsp3) is 0.143. The molecule has 1 aromatic heterocycles. The maximum Gasteiger partial charge on any atom is 0.147 e. The normalized spacial score (nSPS) is 10.2. The molecule has 0 saturated carbocycles. The van der Waals surface area contributed by atoms with Crippen molar-refractivity contribution in [2.75, 3.05) is 11.9 Å². The van der Waals surface area contributed by atoms with Gasteiger partial charge in [0.25, 0.3) is 0 Å². The van der Waals surface area contributed by atoms with Gasteiger partial charge in [0.1, 0.15) is 11.7 Å². The molecule has 0 aliphatic carbocycles. The number of pyridine rings is 1. The van der Waals surface area contributed by atoms with Crippen LogP contribution in [0, 0.1) is 11.2 Å². The SMILES string of the molecule is CN(Cc1ccccn1)c1ccc(C(=N)N)cc1F. The van der Waals surface area contributed by atoms with E-state index in [1.54, 1.807) is 30.3 Å². The number of halogens is 1. The molecule has 1 aromatic carbocycles. The van der Waals surface area contributed by atoms with Gasteiger partial charge in [0.2, 0.25) is 0 Å². The van der Waals surface area contributed by atoms with Crippen LogP contribution in [0.2, 0.25) is 0 Å². The molecule has 0 saturated heterocycles. The van der Waals surface area contributed by atoms with Crippen LogP contribution in [0.25, 0.3) is 0 Å². The average molecular weight is 258 g/mol. The van der Waals surface area contributed by atoms with Gasteiger partial charge < -0.3 is 10.6 Å². The lowest BCUT2D eigenvalue weighted by atomic mass is 10.1. The van der Waals surface area contributed by atoms with Crippen LogP contribution in [0.15, 0.2) is 42.6 Å². The quantitative estimate of drug-likeness (QED) is 0.652. The van der Waals surface area contributed by atoms with Gasteiger partial charge in [-0.1, -0.05) is 6.07 Å². The van der Waals surface area contributed by atoms with E-state index in [0.717, 1.165) is 5.69 Å². The van der Waals surface area contributed by atoms with Gasteiger partial charge in [-0.15, -0.1) is 0 Å². The molecule has 19 heavy (non-hydrogen) atoms. The highest BCUT2D eigenvalue weighted by molar-refractivity contribution is 5.95. The molecular weight excluding hydrogens is 243 g/mol. The zero-order valence-corrected chi connectivity index (χ0v) is 10.6. The molecule has 0 atom stereocenters. The molecular formula is C14H15FN4. The third-order valence-electron chi connectivity index (χ3n) is 2.80. The van der Waals surface area contributed by atoms with E-state index in [9.17, 15) is 4.39 Å². The Kier molecular flexibility index (Phi) is 3.75. The second kappa shape index (κ2) is 5.48. The molecule has 0 amide bonds. The van der Waals surface area contributed by atoms with E-state index in [-0.39, 0.29) is 5.84 Å². The molecule has 4 nitrogen and oxygen atoms in total. The van der Waals surface area contributed by atoms with E-state index >= 15 is 0 Å². The van der Waals surface area contributed by atoms with E-state index in [0.29, 0.717) is 17.8 Å². The molecule has 2 rings (SSSR count). The minimum absolute atomic E-state index is 0.141. The van der Waals surface area contributed by atoms with Gasteiger partial charge in [-0.05, 0) is 30.3 Å². The van der Waals surface area contributed by atoms with Crippen molar-refractivity contribution < 1.29 is 4.39 Å². The van der Waals surface area contributed by atoms with E-state index in [1.165, 1.54) is 6.07 Å². The third kappa shape index (κ3) is 3.07. The molecule has 0 aliphatic heterocycles. The van der Waals surface area contributed by atoms with Gasteiger partial charge in [-0.3, -0.25) is 10.4 Å². The summed E-state index contributed by atoms with van der Waals surface area (Å²) in [6.07, 6.45) is 1.71. The Morgan fingerprint density at radius 1 is 1.37 bits per heavy atom. The first-order valence-corrected chi connectivity index (χ1v) is 5.83. The number of nitrogens with one attached hydrogen (secondary N) is 1. The van der Waals surface area contributed by atoms with Gasteiger partial charge in [-0.2, -0.15) is 0 Å². The first-order valence-electron chi connectivity index (χ1n) is 5.83. The zero-order valence-electron chi connectivity index (χ0n) is 10.6. The zero-order chi connectivity index (χ0) is 13.8. The summed E-state index contributed by atoms with van der Waals surface area (Å²) >= 11 is 0. The largest absolute Gasteiger partial charge is 0.384 e. The number of nitrogens with two attached hydrogens (primary N) is 1. The van der Waals surface area contributed by atoms with Crippen LogP contribution in [0.4, 0.5) is 10.1 Å². The number of rotatable bonds is 4. The second-order valence-electron chi connectivity index (χ2n) is 4.26. The number of nitrogen functional groups attached to an aromatic ring is 1. The average Bonchev–Trinajstić information content (AvgIpc) is 2.39. The Labute approximate surface area is 111 Å². The molecule has 98 valence electrons. The number of hydrogen-bond acceptors (Lipinski definition) is 3. The standard InChI is InChI=1S/C14H15FN4/c1-19(9-11-4-2-3-7-18-11)13-6-5-10(14(16)17)8-12(13)15/h2-8H,9H2,1H3,(H3,16,17). The number of aromatic nitrogens is 1. The maximum absolute atomic E-state index is 13.9. The monoisotopic (exact) mass is 258 g/mol. The van der Waals surface area contributed by atoms with Gasteiger partial charge in [0.05, 0.1) is 17.9 Å². The summed E-state index contributed by atoms with van der Waals surface area (Å²) in [5.41, 5.74) is 7.02. The molecule has 0 spiro atoms. The Morgan fingerprint density at radius 2 is 2.16 bits per heavy atom. The topological polar surface area (TPSA) is 66.0 Å². The Hall–Kier alpha value is -2.43. The number of nitrogens with zero attached hydrogens (tertiary/aromatic N) is 2. The van der Waals surface area contributed by atoms with E-state index in [2.05, 4.69) is 4.98 Å². The highest BCUT2D eigenvalue weighted by atomic mass is 19.1. The molecule has 1 heterocycles. The molecule has 5 heteroatoms. The highest BCUT2D eigenvalue weighted by Gasteiger charge is 2.10. The van der Waals surface area contributed by atoms with Crippen LogP contribution >= 0.6 is 0 Å². The van der Waals surface area contributed by atoms with E-state index in [1.807, 2.05) is 18.2 Å². The Morgan fingerprint density at radius 3 is 2.74 bits per heavy atom. The lowest BCUT2D eigenvalue weighted by Gasteiger charge is -2.19. The van der Waals surface area contributed by atoms with Crippen molar-refractivity contribution in [3.8, 4) is 0 Å². The molecule has 0 bridgehead atoms. The number of benzene rings is 1. The summed E-state index contributed by atoms with van der Waals surface area (Å²) in [6, 6.07) is 10.1. The lowest BCUT2D eigenvalue weighted by molar-refractivity contribution is 0.621. The summed E-state index contributed by atoms with van der Waals surface area (Å²) in [6.45, 7) is 0.511. The number of hydrogen-bond donors (Lipinski definition) is 2. The highest BCUT2D eigenvalue weighted by Crippen LogP contribution is 2.20. The lowest BCUT2D eigenvalue weighted by Crippen LogP contribution is -2.19. The van der Waals surface area contributed by atoms with Crippen molar-refractivity contribution in [2.45, 2.75) is 6.54 Å². The summed E-state index contributed by atoms with van der Waals surface area (Å²) < 4.78 is 13.9. The van der Waals surface area contributed by atoms with Crippen LogP contribution < -0.4 is 10.6 Å². The van der Waals surface area contributed by atoms with Gasteiger partial charge in [-0.25, -0.2) is 4.39 Å². The third-order valence-corrected chi connectivity index (χ3v) is 2.80. The smallest absolute Gasteiger partial charge is 0.147 e. The van der Waals surface area contributed by atoms with Crippen molar-refractivity contribution in [1.29, 1.82) is 5.41 Å². The predicted molar refractivity (Wildman–Crippen MR) is 73.8 cm³/mol. The van der Waals surface area contributed by atoms with Crippen molar-refractivity contribution in [1.82, 2.24) is 4.98 Å². The summed E-state index contributed by atoms with van der Waals surface area (Å²) in [4.78, 5) is 5.97. The van der Waals surface area contributed by atoms with Crippen LogP contribution in [-0.4, -0.2) is 17.9 Å². The Balaban J connectivity index is 2.20. The van der Waals surface area contributed by atoms with Crippen molar-refractivity contribution in [3.63, 3.8) is 0 Å². The maximum atomic E-state index is 13.9. The molecule has 0 fully saturated rings. The minimum atomic E-state index is -0.397. The van der Waals surface area contributed by atoms with E-state index in [4.69, 9.17) is 11.1 Å². The number of amidine groups is 1. The van der Waals surface area contributed by atoms with Crippen molar-refractivity contribution in [2.24, 2.45) is 5.73 Å². The first-order chi connectivity index (χ1) is 9.08. The van der Waals surface area contributed by atoms with Gasteiger partial charge in [0, 0.05) is 18.8 Å². The van der Waals surface area contributed by atoms with Crippen LogP contribution in [0.1, 0.15) is 11.3 Å². The van der Waals surface area contributed by atoms with Gasteiger partial charge >= 0.3 is 0 Å². The molecule has 0 radical (unpaired) electrons.